The zero-order valence-electron chi connectivity index (χ0n) is 10.8. The lowest BCUT2D eigenvalue weighted by Gasteiger charge is -2.25. The van der Waals surface area contributed by atoms with Crippen LogP contribution in [0, 0.1) is 0 Å². The van der Waals surface area contributed by atoms with Crippen molar-refractivity contribution in [3.8, 4) is 0 Å². The predicted molar refractivity (Wildman–Crippen MR) is 68.2 cm³/mol. The van der Waals surface area contributed by atoms with Gasteiger partial charge in [-0.25, -0.2) is 0 Å². The fraction of sp³-hybridized carbons (Fsp3) is 1.00. The molecule has 88 valence electrons. The van der Waals surface area contributed by atoms with Gasteiger partial charge in [0.15, 0.2) is 0 Å². The molecule has 0 bridgehead atoms. The van der Waals surface area contributed by atoms with Gasteiger partial charge in [0.2, 0.25) is 0 Å². The molecule has 0 aliphatic carbocycles. The molecule has 1 aliphatic heterocycles. The van der Waals surface area contributed by atoms with Crippen molar-refractivity contribution in [3.05, 3.63) is 0 Å². The van der Waals surface area contributed by atoms with Gasteiger partial charge in [0.1, 0.15) is 0 Å². The molecule has 0 spiro atoms. The SMILES string of the molecule is CCC1C[NH][Al]([CH2]CCN(C)C)[N]1CC. The summed E-state index contributed by atoms with van der Waals surface area (Å²) in [5.41, 5.74) is 0. The zero-order chi connectivity index (χ0) is 11.3. The Hall–Kier alpha value is 0.412. The first kappa shape index (κ1) is 13.5. The Morgan fingerprint density at radius 3 is 2.67 bits per heavy atom. The summed E-state index contributed by atoms with van der Waals surface area (Å²) in [6.07, 6.45) is 2.65. The summed E-state index contributed by atoms with van der Waals surface area (Å²) in [5.74, 6) is 0. The van der Waals surface area contributed by atoms with Gasteiger partial charge in [0.25, 0.3) is 0 Å². The maximum Gasteiger partial charge on any atom is 0.485 e. The van der Waals surface area contributed by atoms with Gasteiger partial charge in [-0.1, -0.05) is 19.1 Å². The highest BCUT2D eigenvalue weighted by molar-refractivity contribution is 6.53. The van der Waals surface area contributed by atoms with E-state index >= 15 is 0 Å². The topological polar surface area (TPSA) is 18.5 Å². The van der Waals surface area contributed by atoms with Crippen LogP contribution in [0.1, 0.15) is 26.7 Å². The van der Waals surface area contributed by atoms with Crippen molar-refractivity contribution < 1.29 is 0 Å². The van der Waals surface area contributed by atoms with Gasteiger partial charge in [-0.3, -0.25) is 0 Å². The molecule has 0 aromatic rings. The monoisotopic (exact) mass is 227 g/mol. The quantitative estimate of drug-likeness (QED) is 0.686. The molecule has 4 heteroatoms. The van der Waals surface area contributed by atoms with Gasteiger partial charge in [-0.05, 0) is 46.6 Å². The third-order valence-electron chi connectivity index (χ3n) is 3.38. The molecular weight excluding hydrogens is 201 g/mol. The first-order chi connectivity index (χ1) is 7.19. The van der Waals surface area contributed by atoms with Crippen LogP contribution in [0.3, 0.4) is 0 Å². The summed E-state index contributed by atoms with van der Waals surface area (Å²) in [5, 5.41) is 1.42. The van der Waals surface area contributed by atoms with Crippen molar-refractivity contribution in [3.63, 3.8) is 0 Å². The van der Waals surface area contributed by atoms with E-state index in [0.29, 0.717) is 0 Å². The van der Waals surface area contributed by atoms with E-state index < -0.39 is 14.6 Å². The summed E-state index contributed by atoms with van der Waals surface area (Å²) >= 11 is -0.774. The normalized spacial score (nSPS) is 23.0. The molecule has 0 aromatic heterocycles. The molecule has 1 fully saturated rings. The summed E-state index contributed by atoms with van der Waals surface area (Å²) in [6, 6.07) is 0.825. The molecule has 1 heterocycles. The molecule has 15 heavy (non-hydrogen) atoms. The lowest BCUT2D eigenvalue weighted by atomic mass is 10.2. The number of nitrogens with zero attached hydrogens (tertiary/aromatic N) is 2. The molecule has 1 unspecified atom stereocenters. The van der Waals surface area contributed by atoms with Crippen LogP contribution in [-0.4, -0.2) is 63.1 Å². The van der Waals surface area contributed by atoms with Crippen molar-refractivity contribution in [2.75, 3.05) is 33.7 Å². The van der Waals surface area contributed by atoms with Gasteiger partial charge in [0.05, 0.1) is 0 Å². The number of hydrogen-bond donors (Lipinski definition) is 1. The Labute approximate surface area is 99.6 Å². The summed E-state index contributed by atoms with van der Waals surface area (Å²) < 4.78 is 6.54. The number of nitrogens with one attached hydrogen (secondary N) is 1. The molecule has 1 saturated heterocycles. The van der Waals surface area contributed by atoms with E-state index in [4.69, 9.17) is 0 Å². The first-order valence-electron chi connectivity index (χ1n) is 6.32. The minimum Gasteiger partial charge on any atom is -0.384 e. The fourth-order valence-electron chi connectivity index (χ4n) is 2.49. The Morgan fingerprint density at radius 2 is 2.13 bits per heavy atom. The fourth-order valence-corrected chi connectivity index (χ4v) is 5.64. The highest BCUT2D eigenvalue weighted by atomic mass is 27.2. The van der Waals surface area contributed by atoms with Gasteiger partial charge in [-0.2, -0.15) is 0 Å². The smallest absolute Gasteiger partial charge is 0.384 e. The molecule has 1 N–H and O–H groups in total. The zero-order valence-corrected chi connectivity index (χ0v) is 11.9. The van der Waals surface area contributed by atoms with Crippen molar-refractivity contribution in [2.45, 2.75) is 38.0 Å². The Balaban J connectivity index is 2.29. The van der Waals surface area contributed by atoms with Crippen molar-refractivity contribution >= 4 is 14.6 Å². The number of rotatable bonds is 6. The van der Waals surface area contributed by atoms with Gasteiger partial charge < -0.3 is 13.1 Å². The molecule has 0 radical (unpaired) electrons. The van der Waals surface area contributed by atoms with Gasteiger partial charge in [0, 0.05) is 6.04 Å². The summed E-state index contributed by atoms with van der Waals surface area (Å²) in [4.78, 5) is 2.29. The number of hydrogen-bond acceptors (Lipinski definition) is 3. The second-order valence-electron chi connectivity index (χ2n) is 4.76. The van der Waals surface area contributed by atoms with E-state index in [-0.39, 0.29) is 0 Å². The molecule has 0 saturated carbocycles. The van der Waals surface area contributed by atoms with E-state index in [1.54, 1.807) is 0 Å². The van der Waals surface area contributed by atoms with Crippen LogP contribution < -0.4 is 4.30 Å². The van der Waals surface area contributed by atoms with Crippen LogP contribution in [-0.2, 0) is 0 Å². The van der Waals surface area contributed by atoms with E-state index in [1.807, 2.05) is 0 Å². The minimum absolute atomic E-state index is 0.774. The summed E-state index contributed by atoms with van der Waals surface area (Å²) in [6.45, 7) is 8.33. The largest absolute Gasteiger partial charge is 0.485 e. The Bertz CT molecular complexity index is 175. The Morgan fingerprint density at radius 1 is 1.40 bits per heavy atom. The van der Waals surface area contributed by atoms with Crippen LogP contribution in [0.4, 0.5) is 0 Å². The van der Waals surface area contributed by atoms with Crippen LogP contribution in [0.15, 0.2) is 0 Å². The van der Waals surface area contributed by atoms with E-state index in [1.165, 1.54) is 37.8 Å². The standard InChI is InChI=1S/C6H14N2.C5H12N.Al/c1-3-6(5-7)8-4-2;1-4-5-6(2)3;/h6-7H,3-5H2,1-2H3;1,4-5H2,2-3H3;/q-2;;+2. The third kappa shape index (κ3) is 4.05. The molecule has 1 rings (SSSR count). The molecule has 0 aromatic carbocycles. The van der Waals surface area contributed by atoms with Crippen LogP contribution >= 0.6 is 0 Å². The lowest BCUT2D eigenvalue weighted by molar-refractivity contribution is 0.360. The summed E-state index contributed by atoms with van der Waals surface area (Å²) in [7, 11) is 4.33. The second kappa shape index (κ2) is 6.88. The van der Waals surface area contributed by atoms with Gasteiger partial charge >= 0.3 is 14.6 Å². The number of likely N-dealkylation sites (N-methyl/N-ethyl adjacent to an activating group) is 1. The van der Waals surface area contributed by atoms with Crippen LogP contribution in [0.5, 0.6) is 0 Å². The van der Waals surface area contributed by atoms with E-state index in [9.17, 15) is 0 Å². The molecule has 0 amide bonds. The maximum absolute atomic E-state index is 3.78. The van der Waals surface area contributed by atoms with Crippen LogP contribution in [0.2, 0.25) is 5.28 Å². The first-order valence-corrected chi connectivity index (χ1v) is 8.23. The average molecular weight is 227 g/mol. The molecule has 1 aliphatic rings. The molecular formula is C11H26AlN3. The molecule has 3 nitrogen and oxygen atoms in total. The van der Waals surface area contributed by atoms with Crippen molar-refractivity contribution in [1.82, 2.24) is 13.1 Å². The van der Waals surface area contributed by atoms with E-state index in [0.717, 1.165) is 6.04 Å². The van der Waals surface area contributed by atoms with Crippen molar-refractivity contribution in [2.24, 2.45) is 0 Å². The maximum atomic E-state index is 3.78. The van der Waals surface area contributed by atoms with Crippen molar-refractivity contribution in [1.29, 1.82) is 0 Å². The lowest BCUT2D eigenvalue weighted by Crippen LogP contribution is -2.43. The van der Waals surface area contributed by atoms with E-state index in [2.05, 4.69) is 41.0 Å². The predicted octanol–water partition coefficient (Wildman–Crippen LogP) is 1.13. The Kier molecular flexibility index (Phi) is 6.18. The highest BCUT2D eigenvalue weighted by Gasteiger charge is 2.36. The molecule has 1 atom stereocenters. The van der Waals surface area contributed by atoms with Gasteiger partial charge in [-0.15, -0.1) is 0 Å². The average Bonchev–Trinajstić information content (AvgIpc) is 2.59. The second-order valence-corrected chi connectivity index (χ2v) is 7.44. The highest BCUT2D eigenvalue weighted by Crippen LogP contribution is 2.15. The van der Waals surface area contributed by atoms with Crippen LogP contribution in [0.25, 0.3) is 0 Å². The third-order valence-corrected chi connectivity index (χ3v) is 6.63. The minimum atomic E-state index is -0.774.